The van der Waals surface area contributed by atoms with E-state index in [1.807, 2.05) is 30.3 Å². The Balaban J connectivity index is 0.000000700. The molecule has 0 aliphatic heterocycles. The second-order valence-electron chi connectivity index (χ2n) is 10.3. The van der Waals surface area contributed by atoms with E-state index in [-0.39, 0.29) is 23.1 Å². The molecule has 0 N–H and O–H groups in total. The fraction of sp³-hybridized carbons (Fsp3) is 0.128. The first-order valence-corrected chi connectivity index (χ1v) is 17.4. The van der Waals surface area contributed by atoms with Crippen molar-refractivity contribution in [1.82, 2.24) is 4.67 Å². The third kappa shape index (κ3) is 8.62. The van der Waals surface area contributed by atoms with Crippen LogP contribution < -0.4 is 36.0 Å². The van der Waals surface area contributed by atoms with Crippen molar-refractivity contribution in [3.8, 4) is 11.5 Å². The Hall–Kier alpha value is -3.48. The van der Waals surface area contributed by atoms with Gasteiger partial charge in [0, 0.05) is 25.1 Å². The maximum Gasteiger partial charge on any atom is 0.118 e. The van der Waals surface area contributed by atoms with E-state index in [1.165, 1.54) is 32.1 Å². The van der Waals surface area contributed by atoms with E-state index in [0.29, 0.717) is 0 Å². The summed E-state index contributed by atoms with van der Waals surface area (Å²) < 4.78 is 13.5. The van der Waals surface area contributed by atoms with Crippen LogP contribution >= 0.6 is 16.0 Å². The SMILES string of the molecule is COc1ccc(P(c2ccc(OC)cc2)N(C)[C@H](C)[c-]2cccc2P(c2ccccc2)c2ccccc2)cc1.[Fe].[cH-]1[cH-][cH-][cH-][cH-]1. The maximum atomic E-state index is 5.46. The molecule has 0 spiro atoms. The van der Waals surface area contributed by atoms with Crippen molar-refractivity contribution in [1.29, 1.82) is 0 Å². The molecule has 0 unspecified atom stereocenters. The van der Waals surface area contributed by atoms with Crippen LogP contribution in [0.2, 0.25) is 0 Å². The first-order valence-electron chi connectivity index (χ1n) is 14.7. The largest absolute Gasteiger partial charge is 0.748 e. The van der Waals surface area contributed by atoms with Gasteiger partial charge in [-0.3, -0.25) is 4.67 Å². The maximum absolute atomic E-state index is 5.46. The Kier molecular flexibility index (Phi) is 13.2. The van der Waals surface area contributed by atoms with Crippen molar-refractivity contribution in [2.24, 2.45) is 0 Å². The van der Waals surface area contributed by atoms with Gasteiger partial charge in [-0.25, -0.2) is 12.1 Å². The zero-order chi connectivity index (χ0) is 30.7. The third-order valence-electron chi connectivity index (χ3n) is 7.61. The van der Waals surface area contributed by atoms with Gasteiger partial charge in [0.15, 0.2) is 0 Å². The van der Waals surface area contributed by atoms with Crippen molar-refractivity contribution in [3.05, 3.63) is 163 Å². The summed E-state index contributed by atoms with van der Waals surface area (Å²) in [6, 6.07) is 56.0. The minimum atomic E-state index is -0.802. The minimum absolute atomic E-state index is 0. The summed E-state index contributed by atoms with van der Waals surface area (Å²) in [5.41, 5.74) is 1.38. The number of methoxy groups -OCH3 is 2. The zero-order valence-electron chi connectivity index (χ0n) is 26.1. The van der Waals surface area contributed by atoms with Gasteiger partial charge >= 0.3 is 0 Å². The topological polar surface area (TPSA) is 21.7 Å². The monoisotopic (exact) mass is 671 g/mol. The molecule has 0 fully saturated rings. The van der Waals surface area contributed by atoms with Crippen molar-refractivity contribution < 1.29 is 26.5 Å². The van der Waals surface area contributed by atoms with E-state index in [0.717, 1.165) is 11.5 Å². The molecular weight excluding hydrogens is 632 g/mol. The van der Waals surface area contributed by atoms with Crippen LogP contribution in [0.1, 0.15) is 18.5 Å². The standard InChI is InChI=1S/C34H34NO2P2.C5H5.Fe/c1-26(33-16-11-17-34(33)38(29-12-7-5-8-13-29)30-14-9-6-10-15-30)35(2)39(31-22-18-27(36-3)19-23-31)32-24-20-28(37-4)21-25-32;1-2-4-5-3-1;/h5-26H,1-4H3;1-5H;/q-1;-5;/t26-;;/m1../s1. The molecule has 236 valence electrons. The molecule has 0 aliphatic carbocycles. The molecule has 6 heteroatoms. The summed E-state index contributed by atoms with van der Waals surface area (Å²) in [6.07, 6.45) is 0. The average Bonchev–Trinajstić information content (AvgIpc) is 3.83. The number of nitrogens with zero attached hydrogens (tertiary/aromatic N) is 1. The van der Waals surface area contributed by atoms with Crippen LogP contribution in [0.15, 0.2) is 158 Å². The molecule has 6 aromatic rings. The van der Waals surface area contributed by atoms with Gasteiger partial charge in [-0.2, -0.15) is 6.07 Å². The van der Waals surface area contributed by atoms with Gasteiger partial charge in [-0.1, -0.05) is 67.6 Å². The van der Waals surface area contributed by atoms with Crippen LogP contribution in [0.3, 0.4) is 0 Å². The van der Waals surface area contributed by atoms with Crippen molar-refractivity contribution in [2.75, 3.05) is 21.3 Å². The Morgan fingerprint density at radius 3 is 1.40 bits per heavy atom. The van der Waals surface area contributed by atoms with Crippen LogP contribution in [0.4, 0.5) is 0 Å². The van der Waals surface area contributed by atoms with E-state index < -0.39 is 16.0 Å². The second kappa shape index (κ2) is 17.3. The molecule has 1 atom stereocenters. The van der Waals surface area contributed by atoms with Crippen LogP contribution in [0, 0.1) is 0 Å². The van der Waals surface area contributed by atoms with Crippen molar-refractivity contribution >= 4 is 42.5 Å². The van der Waals surface area contributed by atoms with Crippen LogP contribution in [0.5, 0.6) is 11.5 Å². The molecule has 0 amide bonds. The number of benzene rings is 4. The van der Waals surface area contributed by atoms with E-state index in [9.17, 15) is 0 Å². The molecular formula is C39H39FeNO2P2-6. The molecule has 0 saturated heterocycles. The molecule has 6 rings (SSSR count). The second-order valence-corrected chi connectivity index (χ2v) is 14.8. The Morgan fingerprint density at radius 1 is 0.578 bits per heavy atom. The molecule has 0 heterocycles. The molecule has 0 bridgehead atoms. The number of hydrogen-bond acceptors (Lipinski definition) is 3. The molecule has 0 aromatic heterocycles. The number of hydrogen-bond donors (Lipinski definition) is 0. The third-order valence-corrected chi connectivity index (χ3v) is 12.7. The van der Waals surface area contributed by atoms with Gasteiger partial charge in [0.25, 0.3) is 0 Å². The fourth-order valence-electron chi connectivity index (χ4n) is 5.22. The normalized spacial score (nSPS) is 11.4. The summed E-state index contributed by atoms with van der Waals surface area (Å²) in [5, 5.41) is 6.72. The predicted octanol–water partition coefficient (Wildman–Crippen LogP) is 7.62. The quantitative estimate of drug-likeness (QED) is 0.0850. The van der Waals surface area contributed by atoms with Crippen molar-refractivity contribution in [3.63, 3.8) is 0 Å². The van der Waals surface area contributed by atoms with Gasteiger partial charge in [0.05, 0.1) is 14.2 Å². The molecule has 3 nitrogen and oxygen atoms in total. The summed E-state index contributed by atoms with van der Waals surface area (Å²) in [6.45, 7) is 2.34. The molecule has 0 radical (unpaired) electrons. The van der Waals surface area contributed by atoms with E-state index in [2.05, 4.69) is 146 Å². The van der Waals surface area contributed by atoms with Gasteiger partial charge < -0.3 is 39.8 Å². The Labute approximate surface area is 281 Å². The van der Waals surface area contributed by atoms with E-state index >= 15 is 0 Å². The summed E-state index contributed by atoms with van der Waals surface area (Å²) in [4.78, 5) is 0. The minimum Gasteiger partial charge on any atom is -0.748 e. The molecule has 0 aliphatic rings. The van der Waals surface area contributed by atoms with Gasteiger partial charge in [0.2, 0.25) is 0 Å². The van der Waals surface area contributed by atoms with Crippen LogP contribution in [0.25, 0.3) is 0 Å². The zero-order valence-corrected chi connectivity index (χ0v) is 29.0. The smallest absolute Gasteiger partial charge is 0.118 e. The predicted molar refractivity (Wildman–Crippen MR) is 191 cm³/mol. The first kappa shape index (κ1) is 34.4. The number of ether oxygens (including phenoxy) is 2. The van der Waals surface area contributed by atoms with Crippen LogP contribution in [-0.2, 0) is 17.1 Å². The average molecular weight is 672 g/mol. The van der Waals surface area contributed by atoms with Gasteiger partial charge in [-0.15, -0.1) is 10.9 Å². The Bertz CT molecular complexity index is 1550. The van der Waals surface area contributed by atoms with Gasteiger partial charge in [0.1, 0.15) is 11.5 Å². The Morgan fingerprint density at radius 2 is 1.00 bits per heavy atom. The van der Waals surface area contributed by atoms with E-state index in [1.54, 1.807) is 14.2 Å². The molecule has 45 heavy (non-hydrogen) atoms. The summed E-state index contributed by atoms with van der Waals surface area (Å²) >= 11 is 0. The van der Waals surface area contributed by atoms with Gasteiger partial charge in [-0.05, 0) is 90.8 Å². The molecule has 6 aromatic carbocycles. The van der Waals surface area contributed by atoms with Crippen LogP contribution in [-0.4, -0.2) is 25.9 Å². The fourth-order valence-corrected chi connectivity index (χ4v) is 10.1. The summed E-state index contributed by atoms with van der Waals surface area (Å²) in [7, 11) is 4.20. The first-order chi connectivity index (χ1) is 21.6. The van der Waals surface area contributed by atoms with E-state index in [4.69, 9.17) is 9.47 Å². The summed E-state index contributed by atoms with van der Waals surface area (Å²) in [5.74, 6) is 1.74. The number of rotatable bonds is 10. The molecule has 0 saturated carbocycles. The van der Waals surface area contributed by atoms with Crippen molar-refractivity contribution in [2.45, 2.75) is 13.0 Å².